The lowest BCUT2D eigenvalue weighted by molar-refractivity contribution is -0.00114. The van der Waals surface area contributed by atoms with Crippen LogP contribution in [0.2, 0.25) is 0 Å². The highest BCUT2D eigenvalue weighted by molar-refractivity contribution is 5.43. The molecule has 0 radical (unpaired) electrons. The van der Waals surface area contributed by atoms with Gasteiger partial charge in [0.2, 0.25) is 0 Å². The smallest absolute Gasteiger partial charge is 0.120 e. The third-order valence-corrected chi connectivity index (χ3v) is 10.1. The molecule has 3 aromatic rings. The maximum atomic E-state index is 6.55. The zero-order valence-electron chi connectivity index (χ0n) is 21.9. The van der Waals surface area contributed by atoms with Crippen LogP contribution in [0.25, 0.3) is 0 Å². The Balaban J connectivity index is 1.19. The van der Waals surface area contributed by atoms with Crippen LogP contribution >= 0.6 is 0 Å². The summed E-state index contributed by atoms with van der Waals surface area (Å²) in [6.07, 6.45) is 9.25. The maximum absolute atomic E-state index is 6.55. The van der Waals surface area contributed by atoms with E-state index < -0.39 is 0 Å². The van der Waals surface area contributed by atoms with Gasteiger partial charge in [-0.2, -0.15) is 0 Å². The minimum atomic E-state index is 0.267. The van der Waals surface area contributed by atoms with Crippen molar-refractivity contribution in [1.29, 1.82) is 0 Å². The molecule has 0 aliphatic heterocycles. The summed E-state index contributed by atoms with van der Waals surface area (Å²) in [4.78, 5) is 0. The predicted octanol–water partition coefficient (Wildman–Crippen LogP) is 8.27. The molecule has 0 unspecified atom stereocenters. The number of fused-ring (bicyclic) bond motifs is 5. The summed E-state index contributed by atoms with van der Waals surface area (Å²) < 4.78 is 12.7. The fraction of sp³-hybridized carbons (Fsp3) is 0.471. The van der Waals surface area contributed by atoms with Crippen molar-refractivity contribution in [3.05, 3.63) is 101 Å². The molecule has 2 nitrogen and oxygen atoms in total. The molecule has 188 valence electrons. The lowest BCUT2D eigenvalue weighted by Crippen LogP contribution is -2.50. The Morgan fingerprint density at radius 1 is 0.833 bits per heavy atom. The van der Waals surface area contributed by atoms with Gasteiger partial charge in [-0.05, 0) is 95.6 Å². The van der Waals surface area contributed by atoms with Crippen molar-refractivity contribution in [1.82, 2.24) is 0 Å². The van der Waals surface area contributed by atoms with E-state index in [1.54, 1.807) is 5.56 Å². The fourth-order valence-electron chi connectivity index (χ4n) is 8.07. The van der Waals surface area contributed by atoms with Gasteiger partial charge in [0.25, 0.3) is 0 Å². The SMILES string of the molecule is CC[C@]12CC[C@]3(C)c4ccc(OCc5ccccc5)cc4CC[C@H]3[C@@H]1C[C@@H](OCc1ccccc1)C2. The number of ether oxygens (including phenoxy) is 2. The molecular weight excluding hydrogens is 440 g/mol. The van der Waals surface area contributed by atoms with Gasteiger partial charge in [0.15, 0.2) is 0 Å². The van der Waals surface area contributed by atoms with Crippen molar-refractivity contribution in [3.63, 3.8) is 0 Å². The normalized spacial score (nSPS) is 30.8. The average molecular weight is 481 g/mol. The Hall–Kier alpha value is -2.58. The Kier molecular flexibility index (Phi) is 6.42. The van der Waals surface area contributed by atoms with E-state index in [-0.39, 0.29) is 5.41 Å². The molecule has 0 bridgehead atoms. The van der Waals surface area contributed by atoms with Crippen LogP contribution in [0.15, 0.2) is 78.9 Å². The van der Waals surface area contributed by atoms with Crippen molar-refractivity contribution in [3.8, 4) is 5.75 Å². The van der Waals surface area contributed by atoms with E-state index in [1.807, 2.05) is 0 Å². The Morgan fingerprint density at radius 3 is 2.28 bits per heavy atom. The fourth-order valence-corrected chi connectivity index (χ4v) is 8.07. The molecule has 0 N–H and O–H groups in total. The van der Waals surface area contributed by atoms with Crippen LogP contribution in [0.4, 0.5) is 0 Å². The summed E-state index contributed by atoms with van der Waals surface area (Å²) in [5.41, 5.74) is 6.34. The van der Waals surface area contributed by atoms with Gasteiger partial charge in [0, 0.05) is 0 Å². The lowest BCUT2D eigenvalue weighted by Gasteiger charge is -2.56. The summed E-state index contributed by atoms with van der Waals surface area (Å²) >= 11 is 0. The minimum absolute atomic E-state index is 0.267. The van der Waals surface area contributed by atoms with E-state index in [2.05, 4.69) is 92.7 Å². The van der Waals surface area contributed by atoms with Crippen molar-refractivity contribution in [2.24, 2.45) is 17.3 Å². The molecule has 0 heterocycles. The predicted molar refractivity (Wildman–Crippen MR) is 146 cm³/mol. The van der Waals surface area contributed by atoms with Crippen molar-refractivity contribution in [2.75, 3.05) is 0 Å². The molecule has 3 aliphatic carbocycles. The number of benzene rings is 3. The standard InChI is InChI=1S/C34H40O2/c1-3-34-19-18-33(2)30-17-15-28(35-23-25-10-6-4-7-11-25)20-27(30)14-16-31(33)32(34)21-29(22-34)36-24-26-12-8-5-9-13-26/h4-13,15,17,20,29,31-32H,3,14,16,18-19,21-24H2,1-2H3/t29-,31+,32+,33-,34-/m1/s1. The van der Waals surface area contributed by atoms with Gasteiger partial charge >= 0.3 is 0 Å². The van der Waals surface area contributed by atoms with E-state index >= 15 is 0 Å². The third kappa shape index (κ3) is 4.28. The summed E-state index contributed by atoms with van der Waals surface area (Å²) in [7, 11) is 0. The van der Waals surface area contributed by atoms with E-state index in [0.29, 0.717) is 18.1 Å². The third-order valence-electron chi connectivity index (χ3n) is 10.1. The summed E-state index contributed by atoms with van der Waals surface area (Å²) in [6, 6.07) is 28.1. The van der Waals surface area contributed by atoms with Crippen LogP contribution in [0, 0.1) is 17.3 Å². The van der Waals surface area contributed by atoms with Crippen molar-refractivity contribution in [2.45, 2.75) is 83.5 Å². The molecule has 3 aliphatic rings. The molecule has 0 spiro atoms. The highest BCUT2D eigenvalue weighted by Gasteiger charge is 2.58. The Labute approximate surface area is 217 Å². The highest BCUT2D eigenvalue weighted by atomic mass is 16.5. The second kappa shape index (κ2) is 9.71. The zero-order valence-corrected chi connectivity index (χ0v) is 21.9. The number of aryl methyl sites for hydroxylation is 1. The summed E-state index contributed by atoms with van der Waals surface area (Å²) in [5.74, 6) is 2.53. The van der Waals surface area contributed by atoms with Gasteiger partial charge in [-0.15, -0.1) is 0 Å². The van der Waals surface area contributed by atoms with Gasteiger partial charge in [-0.3, -0.25) is 0 Å². The van der Waals surface area contributed by atoms with Crippen LogP contribution < -0.4 is 4.74 Å². The summed E-state index contributed by atoms with van der Waals surface area (Å²) in [5, 5.41) is 0. The lowest BCUT2D eigenvalue weighted by atomic mass is 9.48. The van der Waals surface area contributed by atoms with Crippen LogP contribution in [-0.2, 0) is 29.8 Å². The topological polar surface area (TPSA) is 18.5 Å². The van der Waals surface area contributed by atoms with Crippen molar-refractivity contribution < 1.29 is 9.47 Å². The van der Waals surface area contributed by atoms with Crippen LogP contribution in [0.5, 0.6) is 5.75 Å². The Bertz CT molecular complexity index is 1170. The van der Waals surface area contributed by atoms with Gasteiger partial charge in [-0.25, -0.2) is 0 Å². The zero-order chi connectivity index (χ0) is 24.6. The number of rotatable bonds is 7. The van der Waals surface area contributed by atoms with Crippen molar-refractivity contribution >= 4 is 0 Å². The van der Waals surface area contributed by atoms with E-state index in [9.17, 15) is 0 Å². The van der Waals surface area contributed by atoms with Gasteiger partial charge in [-0.1, -0.05) is 87.0 Å². The first-order chi connectivity index (χ1) is 17.6. The molecule has 3 aromatic carbocycles. The second-order valence-electron chi connectivity index (χ2n) is 11.8. The molecule has 2 fully saturated rings. The molecule has 2 heteroatoms. The first-order valence-electron chi connectivity index (χ1n) is 14.1. The monoisotopic (exact) mass is 480 g/mol. The molecule has 6 rings (SSSR count). The van der Waals surface area contributed by atoms with E-state index in [4.69, 9.17) is 9.47 Å². The molecule has 36 heavy (non-hydrogen) atoms. The van der Waals surface area contributed by atoms with Crippen LogP contribution in [0.1, 0.15) is 74.6 Å². The maximum Gasteiger partial charge on any atom is 0.120 e. The minimum Gasteiger partial charge on any atom is -0.489 e. The quantitative estimate of drug-likeness (QED) is 0.339. The average Bonchev–Trinajstić information content (AvgIpc) is 3.31. The van der Waals surface area contributed by atoms with Gasteiger partial charge < -0.3 is 9.47 Å². The Morgan fingerprint density at radius 2 is 1.56 bits per heavy atom. The largest absolute Gasteiger partial charge is 0.489 e. The number of hydrogen-bond acceptors (Lipinski definition) is 2. The molecular formula is C34H40O2. The van der Waals surface area contributed by atoms with Crippen LogP contribution in [0.3, 0.4) is 0 Å². The number of hydrogen-bond donors (Lipinski definition) is 0. The van der Waals surface area contributed by atoms with Gasteiger partial charge in [0.05, 0.1) is 12.7 Å². The first-order valence-corrected chi connectivity index (χ1v) is 14.1. The van der Waals surface area contributed by atoms with Gasteiger partial charge in [0.1, 0.15) is 12.4 Å². The first kappa shape index (κ1) is 23.8. The van der Waals surface area contributed by atoms with E-state index in [1.165, 1.54) is 61.6 Å². The molecule has 0 aromatic heterocycles. The van der Waals surface area contributed by atoms with E-state index in [0.717, 1.165) is 24.2 Å². The summed E-state index contributed by atoms with van der Waals surface area (Å²) in [6.45, 7) is 6.37. The molecule has 0 amide bonds. The molecule has 0 saturated heterocycles. The second-order valence-corrected chi connectivity index (χ2v) is 11.8. The highest BCUT2D eigenvalue weighted by Crippen LogP contribution is 2.64. The molecule has 5 atom stereocenters. The molecule has 2 saturated carbocycles. The van der Waals surface area contributed by atoms with Crippen LogP contribution in [-0.4, -0.2) is 6.10 Å².